The summed E-state index contributed by atoms with van der Waals surface area (Å²) in [7, 11) is 0. The molecule has 5 heteroatoms. The highest BCUT2D eigenvalue weighted by molar-refractivity contribution is 5.74. The summed E-state index contributed by atoms with van der Waals surface area (Å²) in [5.74, 6) is 0.826. The molecule has 5 nitrogen and oxygen atoms in total. The van der Waals surface area contributed by atoms with Crippen LogP contribution in [0.4, 0.5) is 4.79 Å². The molecule has 2 aromatic carbocycles. The smallest absolute Gasteiger partial charge is 0.317 e. The monoisotopic (exact) mass is 383 g/mol. The summed E-state index contributed by atoms with van der Waals surface area (Å²) < 4.78 is 5.79. The molecule has 0 aliphatic rings. The number of hydrogen-bond donors (Lipinski definition) is 1. The number of nitrogens with one attached hydrogen (secondary N) is 1. The van der Waals surface area contributed by atoms with Crippen LogP contribution in [0, 0.1) is 0 Å². The fourth-order valence-corrected chi connectivity index (χ4v) is 2.99. The molecule has 2 aromatic rings. The number of para-hydroxylation sites is 1. The van der Waals surface area contributed by atoms with E-state index in [1.807, 2.05) is 53.4 Å². The van der Waals surface area contributed by atoms with Crippen LogP contribution in [0.2, 0.25) is 0 Å². The molecule has 1 N–H and O–H groups in total. The second-order valence-electron chi connectivity index (χ2n) is 6.64. The van der Waals surface area contributed by atoms with Crippen molar-refractivity contribution in [1.29, 1.82) is 0 Å². The van der Waals surface area contributed by atoms with Crippen LogP contribution >= 0.6 is 0 Å². The van der Waals surface area contributed by atoms with Gasteiger partial charge < -0.3 is 19.9 Å². The highest BCUT2D eigenvalue weighted by Gasteiger charge is 2.13. The quantitative estimate of drug-likeness (QED) is 0.608. The highest BCUT2D eigenvalue weighted by Crippen LogP contribution is 2.08. The van der Waals surface area contributed by atoms with Crippen molar-refractivity contribution in [2.45, 2.75) is 20.3 Å². The van der Waals surface area contributed by atoms with Crippen molar-refractivity contribution in [2.75, 3.05) is 45.9 Å². The first-order valence-electron chi connectivity index (χ1n) is 10.2. The molecule has 152 valence electrons. The second-order valence-corrected chi connectivity index (χ2v) is 6.64. The molecule has 0 aliphatic heterocycles. The third kappa shape index (κ3) is 8.01. The summed E-state index contributed by atoms with van der Waals surface area (Å²) in [4.78, 5) is 16.8. The minimum atomic E-state index is -0.0280. The molecule has 0 fully saturated rings. The summed E-state index contributed by atoms with van der Waals surface area (Å²) in [6.07, 6.45) is 0.829. The average molecular weight is 384 g/mol. The number of hydrogen-bond acceptors (Lipinski definition) is 3. The Balaban J connectivity index is 1.85. The van der Waals surface area contributed by atoms with Gasteiger partial charge in [-0.3, -0.25) is 0 Å². The minimum Gasteiger partial charge on any atom is -0.492 e. The normalized spacial score (nSPS) is 10.7. The zero-order chi connectivity index (χ0) is 20.0. The van der Waals surface area contributed by atoms with Crippen molar-refractivity contribution < 1.29 is 9.53 Å². The topological polar surface area (TPSA) is 44.8 Å². The van der Waals surface area contributed by atoms with Crippen LogP contribution in [0.3, 0.4) is 0 Å². The lowest BCUT2D eigenvalue weighted by atomic mass is 10.1. The molecular formula is C23H33N3O2. The molecule has 0 saturated heterocycles. The van der Waals surface area contributed by atoms with Crippen LogP contribution in [0.15, 0.2) is 60.7 Å². The molecule has 2 rings (SSSR count). The Morgan fingerprint density at radius 2 is 1.54 bits per heavy atom. The van der Waals surface area contributed by atoms with E-state index in [1.165, 1.54) is 5.56 Å². The molecular weight excluding hydrogens is 350 g/mol. The molecule has 0 heterocycles. The number of amides is 2. The van der Waals surface area contributed by atoms with Gasteiger partial charge in [-0.05, 0) is 37.2 Å². The lowest BCUT2D eigenvalue weighted by Crippen LogP contribution is -2.45. The molecule has 0 bridgehead atoms. The SMILES string of the molecule is CCN(CC)CCNC(=O)N(CCOc1ccccc1)CCc1ccccc1. The van der Waals surface area contributed by atoms with Gasteiger partial charge in [0.2, 0.25) is 0 Å². The molecule has 0 unspecified atom stereocenters. The number of carbonyl (C=O) groups excluding carboxylic acids is 1. The highest BCUT2D eigenvalue weighted by atomic mass is 16.5. The van der Waals surface area contributed by atoms with Crippen molar-refractivity contribution in [3.63, 3.8) is 0 Å². The molecule has 0 aromatic heterocycles. The molecule has 0 saturated carbocycles. The summed E-state index contributed by atoms with van der Waals surface area (Å²) >= 11 is 0. The van der Waals surface area contributed by atoms with Gasteiger partial charge >= 0.3 is 6.03 Å². The molecule has 0 spiro atoms. The zero-order valence-corrected chi connectivity index (χ0v) is 17.1. The Labute approximate surface area is 169 Å². The third-order valence-electron chi connectivity index (χ3n) is 4.77. The van der Waals surface area contributed by atoms with Crippen LogP contribution in [-0.2, 0) is 6.42 Å². The van der Waals surface area contributed by atoms with Crippen LogP contribution < -0.4 is 10.1 Å². The first kappa shape index (κ1) is 21.8. The predicted molar refractivity (Wildman–Crippen MR) is 115 cm³/mol. The Hall–Kier alpha value is -2.53. The van der Waals surface area contributed by atoms with Crippen LogP contribution in [0.25, 0.3) is 0 Å². The van der Waals surface area contributed by atoms with Gasteiger partial charge in [-0.1, -0.05) is 62.4 Å². The molecule has 0 atom stereocenters. The maximum atomic E-state index is 12.7. The van der Waals surface area contributed by atoms with Crippen LogP contribution in [-0.4, -0.2) is 61.7 Å². The number of rotatable bonds is 12. The Kier molecular flexibility index (Phi) is 9.94. The Morgan fingerprint density at radius 3 is 2.18 bits per heavy atom. The lowest BCUT2D eigenvalue weighted by Gasteiger charge is -2.24. The predicted octanol–water partition coefficient (Wildman–Crippen LogP) is 3.66. The van der Waals surface area contributed by atoms with Gasteiger partial charge in [0, 0.05) is 19.6 Å². The number of carbonyl (C=O) groups is 1. The van der Waals surface area contributed by atoms with Crippen molar-refractivity contribution in [1.82, 2.24) is 15.1 Å². The fraction of sp³-hybridized carbons (Fsp3) is 0.435. The van der Waals surface area contributed by atoms with Crippen molar-refractivity contribution in [2.24, 2.45) is 0 Å². The average Bonchev–Trinajstić information content (AvgIpc) is 2.75. The van der Waals surface area contributed by atoms with E-state index >= 15 is 0 Å². The molecule has 2 amide bonds. The van der Waals surface area contributed by atoms with Crippen LogP contribution in [0.1, 0.15) is 19.4 Å². The molecule has 0 radical (unpaired) electrons. The first-order chi connectivity index (χ1) is 13.7. The van der Waals surface area contributed by atoms with Crippen molar-refractivity contribution in [3.05, 3.63) is 66.2 Å². The maximum absolute atomic E-state index is 12.7. The molecule has 0 aliphatic carbocycles. The Morgan fingerprint density at radius 1 is 0.893 bits per heavy atom. The largest absolute Gasteiger partial charge is 0.492 e. The minimum absolute atomic E-state index is 0.0280. The van der Waals surface area contributed by atoms with Gasteiger partial charge in [0.05, 0.1) is 6.54 Å². The second kappa shape index (κ2) is 12.8. The summed E-state index contributed by atoms with van der Waals surface area (Å²) in [6, 6.07) is 19.9. The maximum Gasteiger partial charge on any atom is 0.317 e. The van der Waals surface area contributed by atoms with E-state index < -0.39 is 0 Å². The lowest BCUT2D eigenvalue weighted by molar-refractivity contribution is 0.181. The molecule has 28 heavy (non-hydrogen) atoms. The van der Waals surface area contributed by atoms with E-state index in [2.05, 4.69) is 36.2 Å². The van der Waals surface area contributed by atoms with E-state index in [0.29, 0.717) is 26.2 Å². The standard InChI is InChI=1S/C23H33N3O2/c1-3-25(4-2)18-16-24-23(27)26(17-15-21-11-7-5-8-12-21)19-20-28-22-13-9-6-10-14-22/h5-14H,3-4,15-20H2,1-2H3,(H,24,27). The zero-order valence-electron chi connectivity index (χ0n) is 17.1. The van der Waals surface area contributed by atoms with E-state index in [1.54, 1.807) is 0 Å². The van der Waals surface area contributed by atoms with E-state index in [0.717, 1.165) is 31.8 Å². The Bertz CT molecular complexity index is 660. The number of likely N-dealkylation sites (N-methyl/N-ethyl adjacent to an activating group) is 1. The number of benzene rings is 2. The van der Waals surface area contributed by atoms with Gasteiger partial charge in [-0.15, -0.1) is 0 Å². The van der Waals surface area contributed by atoms with Crippen molar-refractivity contribution >= 4 is 6.03 Å². The summed E-state index contributed by atoms with van der Waals surface area (Å²) in [6.45, 7) is 9.48. The van der Waals surface area contributed by atoms with E-state index in [9.17, 15) is 4.79 Å². The third-order valence-corrected chi connectivity index (χ3v) is 4.77. The van der Waals surface area contributed by atoms with Gasteiger partial charge in [0.1, 0.15) is 12.4 Å². The van der Waals surface area contributed by atoms with E-state index in [-0.39, 0.29) is 6.03 Å². The summed E-state index contributed by atoms with van der Waals surface area (Å²) in [5, 5.41) is 3.06. The number of ether oxygens (including phenoxy) is 1. The summed E-state index contributed by atoms with van der Waals surface area (Å²) in [5.41, 5.74) is 1.23. The fourth-order valence-electron chi connectivity index (χ4n) is 2.99. The van der Waals surface area contributed by atoms with Crippen LogP contribution in [0.5, 0.6) is 5.75 Å². The first-order valence-corrected chi connectivity index (χ1v) is 10.2. The number of urea groups is 1. The van der Waals surface area contributed by atoms with Gasteiger partial charge in [0.15, 0.2) is 0 Å². The van der Waals surface area contributed by atoms with Gasteiger partial charge in [0.25, 0.3) is 0 Å². The van der Waals surface area contributed by atoms with Crippen molar-refractivity contribution in [3.8, 4) is 5.75 Å². The van der Waals surface area contributed by atoms with Gasteiger partial charge in [-0.25, -0.2) is 4.79 Å². The van der Waals surface area contributed by atoms with Gasteiger partial charge in [-0.2, -0.15) is 0 Å². The van der Waals surface area contributed by atoms with E-state index in [4.69, 9.17) is 4.74 Å². The number of nitrogens with zero attached hydrogens (tertiary/aromatic N) is 2.